The first-order chi connectivity index (χ1) is 11.3. The third kappa shape index (κ3) is 2.20. The smallest absolute Gasteiger partial charge is 0.234 e. The van der Waals surface area contributed by atoms with E-state index in [0.717, 1.165) is 27.6 Å². The summed E-state index contributed by atoms with van der Waals surface area (Å²) in [6.07, 6.45) is 1.78. The molecule has 0 amide bonds. The van der Waals surface area contributed by atoms with Crippen LogP contribution in [0.25, 0.3) is 21.8 Å². The molecule has 116 valence electrons. The normalized spacial score (nSPS) is 11.0. The Morgan fingerprint density at radius 3 is 2.74 bits per heavy atom. The van der Waals surface area contributed by atoms with Crippen LogP contribution in [-0.4, -0.2) is 39.6 Å². The zero-order valence-electron chi connectivity index (χ0n) is 12.5. The van der Waals surface area contributed by atoms with Crippen molar-refractivity contribution >= 4 is 33.4 Å². The maximum absolute atomic E-state index is 5.29. The molecule has 0 spiro atoms. The van der Waals surface area contributed by atoms with E-state index in [2.05, 4.69) is 30.7 Å². The number of benzene rings is 1. The van der Waals surface area contributed by atoms with Gasteiger partial charge in [-0.15, -0.1) is 5.10 Å². The summed E-state index contributed by atoms with van der Waals surface area (Å²) in [6.45, 7) is 0. The number of ether oxygens (including phenoxy) is 2. The third-order valence-corrected chi connectivity index (χ3v) is 3.62. The summed E-state index contributed by atoms with van der Waals surface area (Å²) in [6, 6.07) is 7.49. The summed E-state index contributed by atoms with van der Waals surface area (Å²) in [5, 5.41) is 19.1. The van der Waals surface area contributed by atoms with Crippen molar-refractivity contribution in [2.45, 2.75) is 0 Å². The molecule has 0 aliphatic heterocycles. The van der Waals surface area contributed by atoms with Gasteiger partial charge in [0.15, 0.2) is 5.82 Å². The van der Waals surface area contributed by atoms with E-state index < -0.39 is 0 Å². The molecule has 8 heteroatoms. The predicted molar refractivity (Wildman–Crippen MR) is 86.4 cm³/mol. The Labute approximate surface area is 130 Å². The summed E-state index contributed by atoms with van der Waals surface area (Å²) in [4.78, 5) is 4.65. The fourth-order valence-corrected chi connectivity index (χ4v) is 2.49. The van der Waals surface area contributed by atoms with Gasteiger partial charge in [0.25, 0.3) is 0 Å². The van der Waals surface area contributed by atoms with Crippen molar-refractivity contribution < 1.29 is 9.47 Å². The first-order valence-electron chi connectivity index (χ1n) is 6.96. The van der Waals surface area contributed by atoms with Gasteiger partial charge in [-0.1, -0.05) is 0 Å². The quantitative estimate of drug-likeness (QED) is 0.535. The number of H-pyrrole nitrogens is 2. The van der Waals surface area contributed by atoms with Gasteiger partial charge in [-0.2, -0.15) is 5.10 Å². The van der Waals surface area contributed by atoms with E-state index in [1.165, 1.54) is 0 Å². The maximum Gasteiger partial charge on any atom is 0.234 e. The molecule has 3 N–H and O–H groups in total. The summed E-state index contributed by atoms with van der Waals surface area (Å²) in [5.74, 6) is 2.61. The highest BCUT2D eigenvalue weighted by atomic mass is 16.5. The lowest BCUT2D eigenvalue weighted by Crippen LogP contribution is -1.96. The lowest BCUT2D eigenvalue weighted by atomic mass is 10.1. The van der Waals surface area contributed by atoms with E-state index in [1.54, 1.807) is 26.5 Å². The van der Waals surface area contributed by atoms with Crippen molar-refractivity contribution in [2.75, 3.05) is 19.5 Å². The molecule has 3 aromatic heterocycles. The molecule has 0 saturated carbocycles. The second-order valence-electron chi connectivity index (χ2n) is 4.95. The molecule has 8 nitrogen and oxygen atoms in total. The Bertz CT molecular complexity index is 990. The number of anilines is 2. The number of nitrogens with zero attached hydrogens (tertiary/aromatic N) is 3. The predicted octanol–water partition coefficient (Wildman–Crippen LogP) is 2.59. The molecular formula is C15H14N6O2. The fourth-order valence-electron chi connectivity index (χ4n) is 2.49. The number of aromatic amines is 2. The fraction of sp³-hybridized carbons (Fsp3) is 0.133. The minimum Gasteiger partial charge on any atom is -0.497 e. The number of pyridine rings is 1. The average Bonchev–Trinajstić information content (AvgIpc) is 3.24. The third-order valence-electron chi connectivity index (χ3n) is 3.62. The monoisotopic (exact) mass is 310 g/mol. The summed E-state index contributed by atoms with van der Waals surface area (Å²) in [7, 11) is 3.21. The molecule has 0 aliphatic carbocycles. The molecule has 0 radical (unpaired) electrons. The molecule has 4 aromatic rings. The van der Waals surface area contributed by atoms with Crippen molar-refractivity contribution in [1.82, 2.24) is 25.4 Å². The first kappa shape index (κ1) is 13.4. The van der Waals surface area contributed by atoms with Crippen LogP contribution < -0.4 is 14.8 Å². The molecule has 0 atom stereocenters. The van der Waals surface area contributed by atoms with E-state index >= 15 is 0 Å². The molecule has 3 heterocycles. The van der Waals surface area contributed by atoms with E-state index in [-0.39, 0.29) is 0 Å². The summed E-state index contributed by atoms with van der Waals surface area (Å²) in [5.41, 5.74) is 1.65. The van der Waals surface area contributed by atoms with Gasteiger partial charge in [-0.05, 0) is 18.2 Å². The van der Waals surface area contributed by atoms with Crippen molar-refractivity contribution in [2.24, 2.45) is 0 Å². The van der Waals surface area contributed by atoms with Gasteiger partial charge < -0.3 is 14.8 Å². The van der Waals surface area contributed by atoms with Crippen LogP contribution in [0.4, 0.5) is 11.6 Å². The van der Waals surface area contributed by atoms with Crippen molar-refractivity contribution in [3.8, 4) is 11.6 Å². The Kier molecular flexibility index (Phi) is 3.00. The molecule has 4 rings (SSSR count). The molecule has 23 heavy (non-hydrogen) atoms. The Hall–Kier alpha value is -3.29. The van der Waals surface area contributed by atoms with E-state index in [1.807, 2.05) is 18.2 Å². The summed E-state index contributed by atoms with van der Waals surface area (Å²) < 4.78 is 10.4. The minimum atomic E-state index is 0.499. The molecule has 0 saturated heterocycles. The number of rotatable bonds is 4. The molecule has 1 aromatic carbocycles. The van der Waals surface area contributed by atoms with Crippen LogP contribution in [-0.2, 0) is 0 Å². The van der Waals surface area contributed by atoms with Crippen LogP contribution >= 0.6 is 0 Å². The Morgan fingerprint density at radius 1 is 1.04 bits per heavy atom. The highest BCUT2D eigenvalue weighted by Crippen LogP contribution is 2.31. The highest BCUT2D eigenvalue weighted by molar-refractivity contribution is 6.09. The van der Waals surface area contributed by atoms with Crippen molar-refractivity contribution in [3.63, 3.8) is 0 Å². The molecular weight excluding hydrogens is 296 g/mol. The number of nitrogens with one attached hydrogen (secondary N) is 3. The lowest BCUT2D eigenvalue weighted by molar-refractivity contribution is 0.397. The number of hydrogen-bond donors (Lipinski definition) is 3. The Morgan fingerprint density at radius 2 is 1.96 bits per heavy atom. The zero-order chi connectivity index (χ0) is 15.8. The molecule has 0 fully saturated rings. The lowest BCUT2D eigenvalue weighted by Gasteiger charge is -2.08. The maximum atomic E-state index is 5.29. The SMILES string of the molecule is COc1ccc2nc(Nc3cc(OC)n[nH]3)c3[nH]ncc3c2c1. The van der Waals surface area contributed by atoms with E-state index in [9.17, 15) is 0 Å². The van der Waals surface area contributed by atoms with Crippen LogP contribution in [0.15, 0.2) is 30.5 Å². The van der Waals surface area contributed by atoms with Gasteiger partial charge in [-0.3, -0.25) is 10.2 Å². The van der Waals surface area contributed by atoms with Crippen LogP contribution in [0, 0.1) is 0 Å². The largest absolute Gasteiger partial charge is 0.497 e. The van der Waals surface area contributed by atoms with Gasteiger partial charge in [-0.25, -0.2) is 4.98 Å². The topological polar surface area (TPSA) is 101 Å². The number of methoxy groups -OCH3 is 2. The standard InChI is InChI=1S/C15H14N6O2/c1-22-8-3-4-11-9(5-8)10-7-16-21-14(10)15(17-11)18-12-6-13(23-2)20-19-12/h3-7H,1-2H3,(H,16,21)(H2,17,18,19,20). The number of aromatic nitrogens is 5. The Balaban J connectivity index is 1.86. The van der Waals surface area contributed by atoms with Gasteiger partial charge >= 0.3 is 0 Å². The second-order valence-corrected chi connectivity index (χ2v) is 4.95. The van der Waals surface area contributed by atoms with Gasteiger partial charge in [0.2, 0.25) is 5.88 Å². The molecule has 0 aliphatic rings. The number of hydrogen-bond acceptors (Lipinski definition) is 6. The molecule has 0 unspecified atom stereocenters. The van der Waals surface area contributed by atoms with Crippen LogP contribution in [0.2, 0.25) is 0 Å². The van der Waals surface area contributed by atoms with Crippen molar-refractivity contribution in [1.29, 1.82) is 0 Å². The zero-order valence-corrected chi connectivity index (χ0v) is 12.5. The first-order valence-corrected chi connectivity index (χ1v) is 6.96. The van der Waals surface area contributed by atoms with Gasteiger partial charge in [0, 0.05) is 16.8 Å². The number of fused-ring (bicyclic) bond motifs is 3. The molecule has 0 bridgehead atoms. The van der Waals surface area contributed by atoms with Crippen LogP contribution in [0.3, 0.4) is 0 Å². The van der Waals surface area contributed by atoms with E-state index in [4.69, 9.17) is 9.47 Å². The van der Waals surface area contributed by atoms with Gasteiger partial charge in [0.05, 0.1) is 25.9 Å². The van der Waals surface area contributed by atoms with Crippen LogP contribution in [0.1, 0.15) is 0 Å². The van der Waals surface area contributed by atoms with Gasteiger partial charge in [0.1, 0.15) is 17.1 Å². The average molecular weight is 310 g/mol. The minimum absolute atomic E-state index is 0.499. The second kappa shape index (κ2) is 5.16. The highest BCUT2D eigenvalue weighted by Gasteiger charge is 2.12. The van der Waals surface area contributed by atoms with Crippen LogP contribution in [0.5, 0.6) is 11.6 Å². The van der Waals surface area contributed by atoms with E-state index in [0.29, 0.717) is 17.5 Å². The van der Waals surface area contributed by atoms with Crippen molar-refractivity contribution in [3.05, 3.63) is 30.5 Å². The summed E-state index contributed by atoms with van der Waals surface area (Å²) >= 11 is 0.